The fraction of sp³-hybridized carbons (Fsp3) is 0.444. The van der Waals surface area contributed by atoms with Crippen LogP contribution in [0.5, 0.6) is 0 Å². The van der Waals surface area contributed by atoms with Gasteiger partial charge in [0.2, 0.25) is 5.91 Å². The summed E-state index contributed by atoms with van der Waals surface area (Å²) in [4.78, 5) is 28.0. The molecule has 0 fully saturated rings. The summed E-state index contributed by atoms with van der Waals surface area (Å²) < 4.78 is 5.51. The van der Waals surface area contributed by atoms with E-state index in [0.717, 1.165) is 23.7 Å². The van der Waals surface area contributed by atoms with Gasteiger partial charge in [0.25, 0.3) is 5.91 Å². The summed E-state index contributed by atoms with van der Waals surface area (Å²) in [6.45, 7) is 8.18. The molecule has 2 heterocycles. The molecular formula is C18H25N3O3S. The van der Waals surface area contributed by atoms with Gasteiger partial charge >= 0.3 is 0 Å². The molecule has 1 unspecified atom stereocenters. The van der Waals surface area contributed by atoms with E-state index >= 15 is 0 Å². The molecule has 7 heteroatoms. The molecule has 0 aromatic carbocycles. The highest BCUT2D eigenvalue weighted by Gasteiger charge is 2.21. The number of carbonyl (C=O) groups is 2. The van der Waals surface area contributed by atoms with E-state index < -0.39 is 0 Å². The van der Waals surface area contributed by atoms with Gasteiger partial charge in [-0.25, -0.2) is 0 Å². The van der Waals surface area contributed by atoms with Gasteiger partial charge in [0, 0.05) is 11.4 Å². The Bertz CT molecular complexity index is 678. The van der Waals surface area contributed by atoms with E-state index in [9.17, 15) is 9.59 Å². The zero-order valence-corrected chi connectivity index (χ0v) is 15.7. The summed E-state index contributed by atoms with van der Waals surface area (Å²) in [5.41, 5.74) is 0. The van der Waals surface area contributed by atoms with Crippen LogP contribution in [0.2, 0.25) is 0 Å². The fourth-order valence-corrected chi connectivity index (χ4v) is 3.42. The van der Waals surface area contributed by atoms with Crippen LogP contribution in [0.3, 0.4) is 0 Å². The van der Waals surface area contributed by atoms with E-state index in [1.54, 1.807) is 12.3 Å². The lowest BCUT2D eigenvalue weighted by Gasteiger charge is -2.28. The largest absolute Gasteiger partial charge is 0.468 e. The first kappa shape index (κ1) is 19.2. The van der Waals surface area contributed by atoms with E-state index in [4.69, 9.17) is 4.42 Å². The smallest absolute Gasteiger partial charge is 0.261 e. The number of nitrogens with one attached hydrogen (secondary N) is 2. The van der Waals surface area contributed by atoms with Crippen LogP contribution in [0.4, 0.5) is 0 Å². The zero-order valence-electron chi connectivity index (χ0n) is 14.9. The Morgan fingerprint density at radius 2 is 1.96 bits per heavy atom. The first-order valence-electron chi connectivity index (χ1n) is 8.43. The van der Waals surface area contributed by atoms with Crippen molar-refractivity contribution >= 4 is 23.2 Å². The van der Waals surface area contributed by atoms with Crippen LogP contribution in [0, 0.1) is 6.92 Å². The molecule has 0 aliphatic carbocycles. The Balaban J connectivity index is 1.85. The Morgan fingerprint density at radius 3 is 2.52 bits per heavy atom. The molecule has 2 N–H and O–H groups in total. The van der Waals surface area contributed by atoms with Crippen molar-refractivity contribution < 1.29 is 14.0 Å². The third-order valence-electron chi connectivity index (χ3n) is 3.99. The van der Waals surface area contributed by atoms with Gasteiger partial charge in [-0.05, 0) is 44.3 Å². The number of hydrogen-bond donors (Lipinski definition) is 2. The average Bonchev–Trinajstić information content (AvgIpc) is 3.28. The predicted molar refractivity (Wildman–Crippen MR) is 98.8 cm³/mol. The quantitative estimate of drug-likeness (QED) is 0.718. The van der Waals surface area contributed by atoms with Crippen LogP contribution in [-0.2, 0) is 4.79 Å². The van der Waals surface area contributed by atoms with Crippen LogP contribution >= 0.6 is 11.3 Å². The molecule has 0 spiro atoms. The number of hydrogen-bond acceptors (Lipinski definition) is 5. The zero-order chi connectivity index (χ0) is 18.2. The van der Waals surface area contributed by atoms with Crippen LogP contribution < -0.4 is 10.6 Å². The molecule has 2 aromatic heterocycles. The second-order valence-corrected chi connectivity index (χ2v) is 6.94. The molecule has 0 saturated carbocycles. The summed E-state index contributed by atoms with van der Waals surface area (Å²) in [6.07, 6.45) is 1.64. The monoisotopic (exact) mass is 363 g/mol. The van der Waals surface area contributed by atoms with Gasteiger partial charge in [-0.3, -0.25) is 14.5 Å². The average molecular weight is 363 g/mol. The number of amides is 2. The molecule has 0 aliphatic rings. The minimum Gasteiger partial charge on any atom is -0.468 e. The molecule has 0 saturated heterocycles. The standard InChI is InChI=1S/C18H25N3O3S/c1-4-21(5-2)14(15-7-6-10-24-15)11-19-17(22)12-20-18(23)16-9-8-13(3)25-16/h6-10,14H,4-5,11-12H2,1-3H3,(H,19,22)(H,20,23). The van der Waals surface area contributed by atoms with Gasteiger partial charge in [0.05, 0.1) is 23.7 Å². The third kappa shape index (κ3) is 5.44. The van der Waals surface area contributed by atoms with E-state index in [0.29, 0.717) is 11.4 Å². The molecule has 2 amide bonds. The number of thiophene rings is 1. The van der Waals surface area contributed by atoms with Crippen LogP contribution in [0.15, 0.2) is 34.9 Å². The molecule has 0 aliphatic heterocycles. The molecular weight excluding hydrogens is 338 g/mol. The minimum absolute atomic E-state index is 0.0235. The summed E-state index contributed by atoms with van der Waals surface area (Å²) in [6, 6.07) is 7.38. The van der Waals surface area contributed by atoms with Gasteiger partial charge < -0.3 is 15.1 Å². The van der Waals surface area contributed by atoms with E-state index in [1.807, 2.05) is 25.1 Å². The Hall–Kier alpha value is -2.12. The number of furan rings is 1. The highest BCUT2D eigenvalue weighted by atomic mass is 32.1. The van der Waals surface area contributed by atoms with Gasteiger partial charge in [-0.1, -0.05) is 13.8 Å². The van der Waals surface area contributed by atoms with Crippen molar-refractivity contribution in [2.75, 3.05) is 26.2 Å². The van der Waals surface area contributed by atoms with Crippen molar-refractivity contribution in [2.24, 2.45) is 0 Å². The van der Waals surface area contributed by atoms with Crippen molar-refractivity contribution in [1.82, 2.24) is 15.5 Å². The van der Waals surface area contributed by atoms with Crippen molar-refractivity contribution in [3.05, 3.63) is 46.0 Å². The van der Waals surface area contributed by atoms with E-state index in [2.05, 4.69) is 29.4 Å². The number of likely N-dealkylation sites (N-methyl/N-ethyl adjacent to an activating group) is 1. The maximum atomic E-state index is 12.1. The molecule has 136 valence electrons. The first-order chi connectivity index (χ1) is 12.0. The molecule has 1 atom stereocenters. The van der Waals surface area contributed by atoms with Gasteiger partial charge in [0.1, 0.15) is 5.76 Å². The van der Waals surface area contributed by atoms with E-state index in [-0.39, 0.29) is 24.4 Å². The minimum atomic E-state index is -0.223. The Morgan fingerprint density at radius 1 is 1.20 bits per heavy atom. The number of aryl methyl sites for hydroxylation is 1. The fourth-order valence-electron chi connectivity index (χ4n) is 2.63. The number of rotatable bonds is 9. The lowest BCUT2D eigenvalue weighted by Crippen LogP contribution is -2.42. The highest BCUT2D eigenvalue weighted by Crippen LogP contribution is 2.20. The van der Waals surface area contributed by atoms with Crippen molar-refractivity contribution in [3.63, 3.8) is 0 Å². The predicted octanol–water partition coefficient (Wildman–Crippen LogP) is 2.58. The summed E-state index contributed by atoms with van der Waals surface area (Å²) >= 11 is 1.41. The molecule has 0 bridgehead atoms. The molecule has 2 rings (SSSR count). The third-order valence-corrected chi connectivity index (χ3v) is 4.99. The van der Waals surface area contributed by atoms with Gasteiger partial charge in [0.15, 0.2) is 0 Å². The van der Waals surface area contributed by atoms with Gasteiger partial charge in [-0.15, -0.1) is 11.3 Å². The molecule has 0 radical (unpaired) electrons. The Kier molecular flexibility index (Phi) is 7.21. The van der Waals surface area contributed by atoms with E-state index in [1.165, 1.54) is 11.3 Å². The summed E-state index contributed by atoms with van der Waals surface area (Å²) in [5, 5.41) is 5.53. The number of nitrogens with zero attached hydrogens (tertiary/aromatic N) is 1. The summed E-state index contributed by atoms with van der Waals surface area (Å²) in [5.74, 6) is 0.381. The second-order valence-electron chi connectivity index (χ2n) is 5.65. The topological polar surface area (TPSA) is 74.6 Å². The first-order valence-corrected chi connectivity index (χ1v) is 9.25. The number of carbonyl (C=O) groups excluding carboxylic acids is 2. The van der Waals surface area contributed by atoms with Crippen molar-refractivity contribution in [3.8, 4) is 0 Å². The second kappa shape index (κ2) is 9.39. The lowest BCUT2D eigenvalue weighted by molar-refractivity contribution is -0.120. The molecule has 6 nitrogen and oxygen atoms in total. The highest BCUT2D eigenvalue weighted by molar-refractivity contribution is 7.13. The maximum Gasteiger partial charge on any atom is 0.261 e. The SMILES string of the molecule is CCN(CC)C(CNC(=O)CNC(=O)c1ccc(C)s1)c1ccco1. The summed E-state index contributed by atoms with van der Waals surface area (Å²) in [7, 11) is 0. The van der Waals surface area contributed by atoms with Crippen LogP contribution in [-0.4, -0.2) is 42.9 Å². The molecule has 25 heavy (non-hydrogen) atoms. The van der Waals surface area contributed by atoms with Gasteiger partial charge in [-0.2, -0.15) is 0 Å². The van der Waals surface area contributed by atoms with Crippen LogP contribution in [0.25, 0.3) is 0 Å². The lowest BCUT2D eigenvalue weighted by atomic mass is 10.2. The van der Waals surface area contributed by atoms with Crippen LogP contribution in [0.1, 0.15) is 40.2 Å². The van der Waals surface area contributed by atoms with Crippen molar-refractivity contribution in [1.29, 1.82) is 0 Å². The van der Waals surface area contributed by atoms with Crippen molar-refractivity contribution in [2.45, 2.75) is 26.8 Å². The maximum absolute atomic E-state index is 12.1. The Labute approximate surface area is 152 Å². The normalized spacial score (nSPS) is 12.2. The molecule has 2 aromatic rings.